The molecule has 0 amide bonds. The molecule has 2 aromatic carbocycles. The van der Waals surface area contributed by atoms with Crippen molar-refractivity contribution in [3.63, 3.8) is 0 Å². The van der Waals surface area contributed by atoms with Crippen molar-refractivity contribution in [2.75, 3.05) is 7.11 Å². The van der Waals surface area contributed by atoms with Gasteiger partial charge in [0, 0.05) is 23.3 Å². The van der Waals surface area contributed by atoms with Crippen LogP contribution in [0.1, 0.15) is 45.7 Å². The summed E-state index contributed by atoms with van der Waals surface area (Å²) in [5, 5.41) is 52.6. The van der Waals surface area contributed by atoms with E-state index < -0.39 is 36.1 Å². The van der Waals surface area contributed by atoms with Gasteiger partial charge in [-0.25, -0.2) is 0 Å². The van der Waals surface area contributed by atoms with Crippen LogP contribution in [0.2, 0.25) is 0 Å². The number of benzene rings is 2. The Hall–Kier alpha value is -3.57. The minimum atomic E-state index is -1.58. The molecule has 1 aliphatic rings. The fourth-order valence-electron chi connectivity index (χ4n) is 4.77. The minimum Gasteiger partial charge on any atom is -0.507 e. The summed E-state index contributed by atoms with van der Waals surface area (Å²) >= 11 is 0. The van der Waals surface area contributed by atoms with Crippen molar-refractivity contribution in [1.82, 2.24) is 0 Å². The third-order valence-electron chi connectivity index (χ3n) is 7.01. The molecule has 1 saturated heterocycles. The van der Waals surface area contributed by atoms with E-state index in [1.165, 1.54) is 26.2 Å². The van der Waals surface area contributed by atoms with Gasteiger partial charge in [-0.15, -0.1) is 0 Å². The van der Waals surface area contributed by atoms with Gasteiger partial charge in [-0.3, -0.25) is 4.79 Å². The lowest BCUT2D eigenvalue weighted by Gasteiger charge is -2.39. The summed E-state index contributed by atoms with van der Waals surface area (Å²) in [6, 6.07) is 2.68. The van der Waals surface area contributed by atoms with Crippen LogP contribution in [0, 0.1) is 0 Å². The van der Waals surface area contributed by atoms with E-state index in [-0.39, 0.29) is 63.3 Å². The topological polar surface area (TPSA) is 159 Å². The zero-order valence-electron chi connectivity index (χ0n) is 23.4. The first-order chi connectivity index (χ1) is 18.8. The Bertz CT molecular complexity index is 1540. The van der Waals surface area contributed by atoms with Gasteiger partial charge in [-0.2, -0.15) is 0 Å². The third kappa shape index (κ3) is 5.40. The van der Waals surface area contributed by atoms with Gasteiger partial charge in [0.25, 0.3) is 0 Å². The summed E-state index contributed by atoms with van der Waals surface area (Å²) in [6.07, 6.45) is -2.44. The van der Waals surface area contributed by atoms with E-state index in [1.807, 2.05) is 39.8 Å². The number of methoxy groups -OCH3 is 1. The highest BCUT2D eigenvalue weighted by Crippen LogP contribution is 2.42. The molecule has 1 aromatic heterocycles. The fraction of sp³-hybridized carbons (Fsp3) is 0.433. The van der Waals surface area contributed by atoms with E-state index in [2.05, 4.69) is 0 Å². The van der Waals surface area contributed by atoms with Gasteiger partial charge >= 0.3 is 0 Å². The monoisotopic (exact) mass is 556 g/mol. The third-order valence-corrected chi connectivity index (χ3v) is 7.01. The Balaban J connectivity index is 1.98. The summed E-state index contributed by atoms with van der Waals surface area (Å²) in [5.74, 6) is -0.359. The Morgan fingerprint density at radius 2 is 1.50 bits per heavy atom. The molecule has 1 fully saturated rings. The van der Waals surface area contributed by atoms with Gasteiger partial charge in [0.15, 0.2) is 11.5 Å². The van der Waals surface area contributed by atoms with Crippen molar-refractivity contribution in [3.05, 3.63) is 56.8 Å². The first kappa shape index (κ1) is 29.4. The van der Waals surface area contributed by atoms with Gasteiger partial charge in [0.2, 0.25) is 11.7 Å². The molecule has 5 atom stereocenters. The summed E-state index contributed by atoms with van der Waals surface area (Å²) in [7, 11) is 1.40. The number of aromatic hydroxyl groups is 2. The molecule has 2 unspecified atom stereocenters. The summed E-state index contributed by atoms with van der Waals surface area (Å²) in [5.41, 5.74) is 2.10. The molecule has 2 heterocycles. The molecule has 0 spiro atoms. The second kappa shape index (κ2) is 11.5. The smallest absolute Gasteiger partial charge is 0.229 e. The predicted molar refractivity (Wildman–Crippen MR) is 149 cm³/mol. The highest BCUT2D eigenvalue weighted by Gasteiger charge is 2.43. The maximum Gasteiger partial charge on any atom is 0.229 e. The highest BCUT2D eigenvalue weighted by atomic mass is 16.7. The van der Waals surface area contributed by atoms with E-state index >= 15 is 0 Å². The van der Waals surface area contributed by atoms with Crippen LogP contribution in [0.15, 0.2) is 44.6 Å². The number of allylic oxidation sites excluding steroid dienone is 4. The van der Waals surface area contributed by atoms with E-state index in [4.69, 9.17) is 18.6 Å². The second-order valence-corrected chi connectivity index (χ2v) is 10.6. The SMILES string of the molecule is COc1c(O[C@@H]2OC(C)[C@@H](O)[C@H](O)C2O)cc2oc3cc(O)c(CC=C(C)C)c(O)c3c(=O)c2c1CC=C(C)C. The molecule has 3 aromatic rings. The van der Waals surface area contributed by atoms with Gasteiger partial charge in [-0.1, -0.05) is 23.3 Å². The van der Waals surface area contributed by atoms with Crippen LogP contribution < -0.4 is 14.9 Å². The molecule has 4 rings (SSSR count). The highest BCUT2D eigenvalue weighted by molar-refractivity contribution is 5.97. The van der Waals surface area contributed by atoms with Crippen LogP contribution in [0.5, 0.6) is 23.0 Å². The first-order valence-corrected chi connectivity index (χ1v) is 13.0. The maximum atomic E-state index is 14.0. The van der Waals surface area contributed by atoms with E-state index in [9.17, 15) is 30.3 Å². The number of aliphatic hydroxyl groups is 3. The lowest BCUT2D eigenvalue weighted by Crippen LogP contribution is -2.58. The molecule has 1 aliphatic heterocycles. The molecule has 40 heavy (non-hydrogen) atoms. The van der Waals surface area contributed by atoms with E-state index in [0.717, 1.165) is 11.1 Å². The largest absolute Gasteiger partial charge is 0.507 e. The lowest BCUT2D eigenvalue weighted by atomic mass is 9.98. The molecule has 0 aliphatic carbocycles. The van der Waals surface area contributed by atoms with Gasteiger partial charge in [0.1, 0.15) is 46.4 Å². The van der Waals surface area contributed by atoms with Crippen LogP contribution in [-0.4, -0.2) is 63.3 Å². The zero-order valence-corrected chi connectivity index (χ0v) is 23.4. The Labute approximate surface area is 231 Å². The molecule has 5 N–H and O–H groups in total. The van der Waals surface area contributed by atoms with Gasteiger partial charge in [0.05, 0.1) is 18.6 Å². The zero-order chi connectivity index (χ0) is 29.5. The summed E-state index contributed by atoms with van der Waals surface area (Å²) in [4.78, 5) is 14.0. The lowest BCUT2D eigenvalue weighted by molar-refractivity contribution is -0.268. The second-order valence-electron chi connectivity index (χ2n) is 10.6. The van der Waals surface area contributed by atoms with Crippen molar-refractivity contribution in [1.29, 1.82) is 0 Å². The van der Waals surface area contributed by atoms with Crippen LogP contribution in [-0.2, 0) is 17.6 Å². The molecule has 0 saturated carbocycles. The number of hydrogen-bond acceptors (Lipinski definition) is 10. The normalized spacial score (nSPS) is 22.8. The van der Waals surface area contributed by atoms with E-state index in [1.54, 1.807) is 0 Å². The molecular weight excluding hydrogens is 520 g/mol. The molecule has 10 nitrogen and oxygen atoms in total. The standard InChI is InChI=1S/C30H36O10/c1-13(2)7-9-16-18(31)11-19-23(25(16)33)26(34)22-17(10-8-14(3)4)29(37-6)21(12-20(22)39-19)40-30-28(36)27(35)24(32)15(5)38-30/h7-8,11-12,15,24,27-28,30-33,35-36H,9-10H2,1-6H3/t15?,24-,27+,28?,30+/m1/s1. The molecular formula is C30H36O10. The average molecular weight is 557 g/mol. The number of ether oxygens (including phenoxy) is 3. The molecule has 216 valence electrons. The first-order valence-electron chi connectivity index (χ1n) is 13.0. The van der Waals surface area contributed by atoms with Crippen molar-refractivity contribution in [3.8, 4) is 23.0 Å². The predicted octanol–water partition coefficient (Wildman–Crippen LogP) is 3.59. The quantitative estimate of drug-likeness (QED) is 0.215. The van der Waals surface area contributed by atoms with Crippen molar-refractivity contribution >= 4 is 21.9 Å². The number of phenols is 2. The van der Waals surface area contributed by atoms with Gasteiger partial charge < -0.3 is 44.2 Å². The molecule has 0 bridgehead atoms. The number of aliphatic hydroxyl groups excluding tert-OH is 3. The van der Waals surface area contributed by atoms with Crippen molar-refractivity contribution in [2.45, 2.75) is 78.2 Å². The van der Waals surface area contributed by atoms with Crippen molar-refractivity contribution in [2.24, 2.45) is 0 Å². The fourth-order valence-corrected chi connectivity index (χ4v) is 4.77. The average Bonchev–Trinajstić information content (AvgIpc) is 2.88. The Morgan fingerprint density at radius 3 is 2.10 bits per heavy atom. The Kier molecular flexibility index (Phi) is 8.46. The molecule has 0 radical (unpaired) electrons. The van der Waals surface area contributed by atoms with E-state index in [0.29, 0.717) is 5.56 Å². The summed E-state index contributed by atoms with van der Waals surface area (Å²) in [6.45, 7) is 9.11. The van der Waals surface area contributed by atoms with Crippen LogP contribution >= 0.6 is 0 Å². The summed E-state index contributed by atoms with van der Waals surface area (Å²) < 4.78 is 23.3. The van der Waals surface area contributed by atoms with Crippen molar-refractivity contribution < 1.29 is 44.2 Å². The number of phenolic OH excluding ortho intramolecular Hbond substituents is 2. The Morgan fingerprint density at radius 1 is 0.900 bits per heavy atom. The van der Waals surface area contributed by atoms with Crippen LogP contribution in [0.3, 0.4) is 0 Å². The maximum absolute atomic E-state index is 14.0. The number of fused-ring (bicyclic) bond motifs is 2. The number of hydrogen-bond donors (Lipinski definition) is 5. The van der Waals surface area contributed by atoms with Crippen LogP contribution in [0.4, 0.5) is 0 Å². The van der Waals surface area contributed by atoms with Crippen LogP contribution in [0.25, 0.3) is 21.9 Å². The molecule has 10 heteroatoms. The number of rotatable bonds is 7. The van der Waals surface area contributed by atoms with Gasteiger partial charge in [-0.05, 0) is 47.5 Å². The minimum absolute atomic E-state index is 0.0288.